The van der Waals surface area contributed by atoms with Crippen LogP contribution in [0.3, 0.4) is 0 Å². The first-order chi connectivity index (χ1) is 5.79. The Morgan fingerprint density at radius 3 is 2.42 bits per heavy atom. The summed E-state index contributed by atoms with van der Waals surface area (Å²) in [6.07, 6.45) is 3.60. The quantitative estimate of drug-likeness (QED) is 0.553. The van der Waals surface area contributed by atoms with Crippen LogP contribution in [0.15, 0.2) is 18.5 Å². The minimum atomic E-state index is -0.406. The first-order valence-corrected chi connectivity index (χ1v) is 3.20. The second-order valence-corrected chi connectivity index (χ2v) is 2.15. The van der Waals surface area contributed by atoms with Crippen LogP contribution >= 0.6 is 0 Å². The molecule has 0 bridgehead atoms. The van der Waals surface area contributed by atoms with E-state index in [0.717, 1.165) is 4.90 Å². The zero-order chi connectivity index (χ0) is 8.55. The second kappa shape index (κ2) is 2.26. The summed E-state index contributed by atoms with van der Waals surface area (Å²) in [6, 6.07) is 0. The molecule has 0 atom stereocenters. The van der Waals surface area contributed by atoms with Crippen molar-refractivity contribution in [1.82, 2.24) is 15.2 Å². The van der Waals surface area contributed by atoms with Crippen LogP contribution in [-0.4, -0.2) is 27.0 Å². The summed E-state index contributed by atoms with van der Waals surface area (Å²) in [5.74, 6) is -0.663. The normalized spacial score (nSPS) is 16.2. The summed E-state index contributed by atoms with van der Waals surface area (Å²) in [7, 11) is 0. The number of H-pyrrole nitrogens is 1. The largest absolute Gasteiger partial charge is 0.269 e. The number of carbonyl (C=O) groups excluding carboxylic acids is 2. The van der Waals surface area contributed by atoms with Crippen LogP contribution in [0.4, 0.5) is 5.95 Å². The summed E-state index contributed by atoms with van der Waals surface area (Å²) in [5.41, 5.74) is 0. The summed E-state index contributed by atoms with van der Waals surface area (Å²) < 4.78 is 0. The highest BCUT2D eigenvalue weighted by Crippen LogP contribution is 2.10. The standard InChI is InChI=1S/C6H4N4O2/c11-4-1-2-5(12)10(4)6-7-3-8-9-6/h1-3H,(H,7,8,9). The molecule has 2 heterocycles. The molecule has 12 heavy (non-hydrogen) atoms. The van der Waals surface area contributed by atoms with Gasteiger partial charge in [0.05, 0.1) is 0 Å². The van der Waals surface area contributed by atoms with Crippen molar-refractivity contribution < 1.29 is 9.59 Å². The van der Waals surface area contributed by atoms with Gasteiger partial charge < -0.3 is 0 Å². The van der Waals surface area contributed by atoms with Crippen molar-refractivity contribution in [1.29, 1.82) is 0 Å². The molecule has 0 radical (unpaired) electrons. The average molecular weight is 164 g/mol. The van der Waals surface area contributed by atoms with Gasteiger partial charge in [0.1, 0.15) is 6.33 Å². The number of hydrogen-bond acceptors (Lipinski definition) is 4. The van der Waals surface area contributed by atoms with Crippen molar-refractivity contribution in [2.24, 2.45) is 0 Å². The number of imide groups is 1. The molecule has 0 fully saturated rings. The topological polar surface area (TPSA) is 79.0 Å². The van der Waals surface area contributed by atoms with E-state index >= 15 is 0 Å². The van der Waals surface area contributed by atoms with Crippen molar-refractivity contribution in [3.05, 3.63) is 18.5 Å². The molecule has 0 aromatic carbocycles. The van der Waals surface area contributed by atoms with Crippen molar-refractivity contribution >= 4 is 17.8 Å². The molecule has 0 spiro atoms. The predicted octanol–water partition coefficient (Wildman–Crippen LogP) is -0.766. The van der Waals surface area contributed by atoms with Gasteiger partial charge >= 0.3 is 0 Å². The number of hydrogen-bond donors (Lipinski definition) is 1. The first kappa shape index (κ1) is 6.71. The number of anilines is 1. The minimum absolute atomic E-state index is 0.148. The Labute approximate surface area is 66.9 Å². The van der Waals surface area contributed by atoms with E-state index in [1.54, 1.807) is 0 Å². The van der Waals surface area contributed by atoms with Gasteiger partial charge in [-0.2, -0.15) is 10.1 Å². The van der Waals surface area contributed by atoms with Gasteiger partial charge in [-0.05, 0) is 0 Å². The zero-order valence-electron chi connectivity index (χ0n) is 5.89. The molecule has 6 heteroatoms. The van der Waals surface area contributed by atoms with Gasteiger partial charge in [0.15, 0.2) is 0 Å². The second-order valence-electron chi connectivity index (χ2n) is 2.15. The molecular formula is C6H4N4O2. The fourth-order valence-electron chi connectivity index (χ4n) is 0.916. The molecule has 0 saturated carbocycles. The number of aromatic nitrogens is 3. The van der Waals surface area contributed by atoms with E-state index in [2.05, 4.69) is 15.2 Å². The van der Waals surface area contributed by atoms with Crippen LogP contribution in [0.25, 0.3) is 0 Å². The Bertz CT molecular complexity index is 336. The number of aromatic amines is 1. The Morgan fingerprint density at radius 1 is 1.25 bits per heavy atom. The lowest BCUT2D eigenvalue weighted by atomic mass is 10.6. The van der Waals surface area contributed by atoms with E-state index in [1.807, 2.05) is 0 Å². The third-order valence-electron chi connectivity index (χ3n) is 1.42. The van der Waals surface area contributed by atoms with Crippen molar-refractivity contribution in [2.45, 2.75) is 0 Å². The van der Waals surface area contributed by atoms with Gasteiger partial charge in [0.25, 0.3) is 11.8 Å². The highest BCUT2D eigenvalue weighted by molar-refractivity contribution is 6.27. The van der Waals surface area contributed by atoms with E-state index in [0.29, 0.717) is 0 Å². The molecule has 1 aliphatic heterocycles. The predicted molar refractivity (Wildman–Crippen MR) is 38.0 cm³/mol. The molecule has 60 valence electrons. The van der Waals surface area contributed by atoms with Crippen molar-refractivity contribution in [2.75, 3.05) is 4.90 Å². The molecule has 6 nitrogen and oxygen atoms in total. The molecule has 0 unspecified atom stereocenters. The van der Waals surface area contributed by atoms with Crippen LogP contribution in [0.2, 0.25) is 0 Å². The minimum Gasteiger partial charge on any atom is -0.269 e. The summed E-state index contributed by atoms with van der Waals surface area (Å²) in [5, 5.41) is 5.95. The van der Waals surface area contributed by atoms with Crippen LogP contribution in [0.1, 0.15) is 0 Å². The zero-order valence-corrected chi connectivity index (χ0v) is 5.89. The van der Waals surface area contributed by atoms with Crippen molar-refractivity contribution in [3.63, 3.8) is 0 Å². The van der Waals surface area contributed by atoms with Gasteiger partial charge in [-0.25, -0.2) is 10.00 Å². The molecule has 2 amide bonds. The highest BCUT2D eigenvalue weighted by atomic mass is 16.2. The van der Waals surface area contributed by atoms with E-state index in [4.69, 9.17) is 0 Å². The molecule has 1 aromatic rings. The SMILES string of the molecule is O=C1C=CC(=O)N1c1ncn[nH]1. The summed E-state index contributed by atoms with van der Waals surface area (Å²) in [4.78, 5) is 26.6. The highest BCUT2D eigenvalue weighted by Gasteiger charge is 2.26. The van der Waals surface area contributed by atoms with Crippen LogP contribution in [0.5, 0.6) is 0 Å². The molecule has 1 N–H and O–H groups in total. The third-order valence-corrected chi connectivity index (χ3v) is 1.42. The van der Waals surface area contributed by atoms with E-state index in [1.165, 1.54) is 18.5 Å². The van der Waals surface area contributed by atoms with Gasteiger partial charge in [-0.1, -0.05) is 0 Å². The fraction of sp³-hybridized carbons (Fsp3) is 0. The molecule has 0 aliphatic carbocycles. The number of rotatable bonds is 1. The average Bonchev–Trinajstić information content (AvgIpc) is 2.61. The lowest BCUT2D eigenvalue weighted by Gasteiger charge is -2.07. The maximum atomic E-state index is 11.0. The lowest BCUT2D eigenvalue weighted by molar-refractivity contribution is -0.120. The number of carbonyl (C=O) groups is 2. The van der Waals surface area contributed by atoms with Gasteiger partial charge in [-0.15, -0.1) is 0 Å². The van der Waals surface area contributed by atoms with Crippen LogP contribution in [0, 0.1) is 0 Å². The molecule has 0 saturated heterocycles. The van der Waals surface area contributed by atoms with Crippen LogP contribution < -0.4 is 4.90 Å². The van der Waals surface area contributed by atoms with E-state index < -0.39 is 11.8 Å². The molecule has 2 rings (SSSR count). The smallest absolute Gasteiger partial charge is 0.260 e. The molecule has 1 aromatic heterocycles. The van der Waals surface area contributed by atoms with Gasteiger partial charge in [0, 0.05) is 12.2 Å². The van der Waals surface area contributed by atoms with E-state index in [9.17, 15) is 9.59 Å². The first-order valence-electron chi connectivity index (χ1n) is 3.20. The van der Waals surface area contributed by atoms with Crippen molar-refractivity contribution in [3.8, 4) is 0 Å². The third kappa shape index (κ3) is 0.815. The Hall–Kier alpha value is -1.98. The Kier molecular flexibility index (Phi) is 1.26. The van der Waals surface area contributed by atoms with Gasteiger partial charge in [0.2, 0.25) is 5.95 Å². The number of nitrogens with zero attached hydrogens (tertiary/aromatic N) is 3. The molecular weight excluding hydrogens is 160 g/mol. The Balaban J connectivity index is 2.37. The lowest BCUT2D eigenvalue weighted by Crippen LogP contribution is -2.30. The Morgan fingerprint density at radius 2 is 1.92 bits per heavy atom. The maximum absolute atomic E-state index is 11.0. The monoisotopic (exact) mass is 164 g/mol. The van der Waals surface area contributed by atoms with Gasteiger partial charge in [-0.3, -0.25) is 9.59 Å². The maximum Gasteiger partial charge on any atom is 0.260 e. The fourth-order valence-corrected chi connectivity index (χ4v) is 0.916. The number of amides is 2. The van der Waals surface area contributed by atoms with Crippen LogP contribution in [-0.2, 0) is 9.59 Å². The number of nitrogens with one attached hydrogen (secondary N) is 1. The summed E-state index contributed by atoms with van der Waals surface area (Å²) >= 11 is 0. The van der Waals surface area contributed by atoms with E-state index in [-0.39, 0.29) is 5.95 Å². The molecule has 1 aliphatic rings. The summed E-state index contributed by atoms with van der Waals surface area (Å²) in [6.45, 7) is 0.